The third-order valence-corrected chi connectivity index (χ3v) is 2.06. The minimum absolute atomic E-state index is 0.500. The van der Waals surface area contributed by atoms with Crippen molar-refractivity contribution < 1.29 is 4.84 Å². The largest absolute Gasteiger partial charge is 0.300 e. The van der Waals surface area contributed by atoms with Crippen LogP contribution in [0.15, 0.2) is 18.2 Å². The summed E-state index contributed by atoms with van der Waals surface area (Å²) in [6, 6.07) is 6.38. The van der Waals surface area contributed by atoms with Gasteiger partial charge in [0.25, 0.3) is 0 Å². The van der Waals surface area contributed by atoms with E-state index in [9.17, 15) is 0 Å². The summed E-state index contributed by atoms with van der Waals surface area (Å²) in [5, 5.41) is 0. The van der Waals surface area contributed by atoms with Gasteiger partial charge in [-0.15, -0.1) is 0 Å². The molecule has 0 saturated carbocycles. The van der Waals surface area contributed by atoms with E-state index >= 15 is 0 Å². The standard InChI is InChI=1S/C10H15NO/c1-3-9-5-4-8(2)10(6-9)7-12-11/h4-6H,3,7,11H2,1-2H3. The molecule has 2 N–H and O–H groups in total. The Morgan fingerprint density at radius 2 is 2.17 bits per heavy atom. The number of hydrogen-bond acceptors (Lipinski definition) is 2. The normalized spacial score (nSPS) is 10.2. The highest BCUT2D eigenvalue weighted by atomic mass is 16.6. The summed E-state index contributed by atoms with van der Waals surface area (Å²) in [5.74, 6) is 5.02. The van der Waals surface area contributed by atoms with Crippen LogP contribution >= 0.6 is 0 Å². The maximum absolute atomic E-state index is 5.02. The molecule has 0 atom stereocenters. The summed E-state index contributed by atoms with van der Waals surface area (Å²) in [6.07, 6.45) is 1.05. The first-order chi connectivity index (χ1) is 5.77. The lowest BCUT2D eigenvalue weighted by atomic mass is 10.0. The fourth-order valence-corrected chi connectivity index (χ4v) is 1.19. The summed E-state index contributed by atoms with van der Waals surface area (Å²) in [4.78, 5) is 4.61. The van der Waals surface area contributed by atoms with Crippen molar-refractivity contribution in [3.05, 3.63) is 34.9 Å². The molecule has 0 fully saturated rings. The van der Waals surface area contributed by atoms with Gasteiger partial charge >= 0.3 is 0 Å². The molecule has 1 aromatic carbocycles. The molecule has 0 radical (unpaired) electrons. The fraction of sp³-hybridized carbons (Fsp3) is 0.400. The summed E-state index contributed by atoms with van der Waals surface area (Å²) in [6.45, 7) is 4.70. The molecule has 0 aliphatic heterocycles. The van der Waals surface area contributed by atoms with Gasteiger partial charge in [0.1, 0.15) is 0 Å². The fourth-order valence-electron chi connectivity index (χ4n) is 1.19. The van der Waals surface area contributed by atoms with E-state index in [4.69, 9.17) is 5.90 Å². The van der Waals surface area contributed by atoms with E-state index in [1.807, 2.05) is 0 Å². The number of aryl methyl sites for hydroxylation is 2. The van der Waals surface area contributed by atoms with Crippen LogP contribution in [0.3, 0.4) is 0 Å². The molecule has 0 saturated heterocycles. The Balaban J connectivity index is 2.91. The number of hydrogen-bond donors (Lipinski definition) is 1. The van der Waals surface area contributed by atoms with Gasteiger partial charge in [0.05, 0.1) is 6.61 Å². The van der Waals surface area contributed by atoms with Crippen molar-refractivity contribution in [3.8, 4) is 0 Å². The number of rotatable bonds is 3. The second-order valence-corrected chi connectivity index (χ2v) is 2.93. The van der Waals surface area contributed by atoms with Crippen molar-refractivity contribution in [2.24, 2.45) is 5.90 Å². The molecular weight excluding hydrogens is 150 g/mol. The van der Waals surface area contributed by atoms with Gasteiger partial charge in [-0.25, -0.2) is 5.90 Å². The minimum atomic E-state index is 0.500. The predicted molar refractivity (Wildman–Crippen MR) is 49.5 cm³/mol. The Morgan fingerprint density at radius 3 is 2.75 bits per heavy atom. The summed E-state index contributed by atoms with van der Waals surface area (Å²) < 4.78 is 0. The summed E-state index contributed by atoms with van der Waals surface area (Å²) >= 11 is 0. The first-order valence-corrected chi connectivity index (χ1v) is 4.18. The monoisotopic (exact) mass is 165 g/mol. The van der Waals surface area contributed by atoms with Crippen molar-refractivity contribution in [1.29, 1.82) is 0 Å². The van der Waals surface area contributed by atoms with Crippen LogP contribution < -0.4 is 5.90 Å². The first-order valence-electron chi connectivity index (χ1n) is 4.18. The average Bonchev–Trinajstić information content (AvgIpc) is 2.09. The molecule has 0 aromatic heterocycles. The van der Waals surface area contributed by atoms with Gasteiger partial charge < -0.3 is 0 Å². The topological polar surface area (TPSA) is 35.2 Å². The molecule has 0 bridgehead atoms. The number of nitrogens with two attached hydrogens (primary N) is 1. The van der Waals surface area contributed by atoms with Crippen LogP contribution in [0, 0.1) is 6.92 Å². The Labute approximate surface area is 73.3 Å². The SMILES string of the molecule is CCc1ccc(C)c(CON)c1. The quantitative estimate of drug-likeness (QED) is 0.695. The van der Waals surface area contributed by atoms with Gasteiger partial charge in [-0.3, -0.25) is 4.84 Å². The van der Waals surface area contributed by atoms with Crippen molar-refractivity contribution in [1.82, 2.24) is 0 Å². The van der Waals surface area contributed by atoms with Gasteiger partial charge in [-0.2, -0.15) is 0 Å². The maximum Gasteiger partial charge on any atom is 0.0932 e. The smallest absolute Gasteiger partial charge is 0.0932 e. The Kier molecular flexibility index (Phi) is 3.26. The van der Waals surface area contributed by atoms with Crippen LogP contribution in [-0.2, 0) is 17.9 Å². The highest BCUT2D eigenvalue weighted by Gasteiger charge is 1.98. The molecule has 0 aliphatic rings. The van der Waals surface area contributed by atoms with Crippen molar-refractivity contribution in [2.75, 3.05) is 0 Å². The van der Waals surface area contributed by atoms with Crippen LogP contribution in [-0.4, -0.2) is 0 Å². The molecule has 0 unspecified atom stereocenters. The zero-order valence-electron chi connectivity index (χ0n) is 7.63. The van der Waals surface area contributed by atoms with Gasteiger partial charge in [0.2, 0.25) is 0 Å². The van der Waals surface area contributed by atoms with Crippen molar-refractivity contribution in [2.45, 2.75) is 26.9 Å². The molecule has 2 nitrogen and oxygen atoms in total. The second kappa shape index (κ2) is 4.24. The van der Waals surface area contributed by atoms with Crippen LogP contribution in [0.1, 0.15) is 23.6 Å². The van der Waals surface area contributed by atoms with Crippen LogP contribution in [0.2, 0.25) is 0 Å². The first kappa shape index (κ1) is 9.23. The Bertz CT molecular complexity index is 258. The Morgan fingerprint density at radius 1 is 1.42 bits per heavy atom. The third kappa shape index (κ3) is 2.06. The second-order valence-electron chi connectivity index (χ2n) is 2.93. The lowest BCUT2D eigenvalue weighted by Crippen LogP contribution is -2.01. The molecule has 1 rings (SSSR count). The lowest BCUT2D eigenvalue weighted by molar-refractivity contribution is 0.123. The minimum Gasteiger partial charge on any atom is -0.300 e. The zero-order valence-corrected chi connectivity index (χ0v) is 7.63. The number of benzene rings is 1. The van der Waals surface area contributed by atoms with Crippen molar-refractivity contribution in [3.63, 3.8) is 0 Å². The van der Waals surface area contributed by atoms with E-state index in [-0.39, 0.29) is 0 Å². The van der Waals surface area contributed by atoms with E-state index < -0.39 is 0 Å². The van der Waals surface area contributed by atoms with E-state index in [0.717, 1.165) is 6.42 Å². The molecule has 2 heteroatoms. The van der Waals surface area contributed by atoms with Gasteiger partial charge in [0, 0.05) is 0 Å². The van der Waals surface area contributed by atoms with E-state index in [1.54, 1.807) is 0 Å². The van der Waals surface area contributed by atoms with Gasteiger partial charge in [-0.05, 0) is 30.0 Å². The van der Waals surface area contributed by atoms with Crippen LogP contribution in [0.25, 0.3) is 0 Å². The van der Waals surface area contributed by atoms with E-state index in [0.29, 0.717) is 6.61 Å². The molecule has 0 spiro atoms. The van der Waals surface area contributed by atoms with E-state index in [2.05, 4.69) is 36.9 Å². The zero-order chi connectivity index (χ0) is 8.97. The van der Waals surface area contributed by atoms with E-state index in [1.165, 1.54) is 16.7 Å². The highest BCUT2D eigenvalue weighted by molar-refractivity contribution is 5.30. The van der Waals surface area contributed by atoms with Gasteiger partial charge in [0.15, 0.2) is 0 Å². The average molecular weight is 165 g/mol. The third-order valence-electron chi connectivity index (χ3n) is 2.06. The van der Waals surface area contributed by atoms with Crippen molar-refractivity contribution >= 4 is 0 Å². The molecule has 1 aromatic rings. The summed E-state index contributed by atoms with van der Waals surface area (Å²) in [7, 11) is 0. The van der Waals surface area contributed by atoms with Crippen LogP contribution in [0.4, 0.5) is 0 Å². The summed E-state index contributed by atoms with van der Waals surface area (Å²) in [5.41, 5.74) is 3.74. The predicted octanol–water partition coefficient (Wildman–Crippen LogP) is 1.95. The molecule has 0 amide bonds. The van der Waals surface area contributed by atoms with Crippen LogP contribution in [0.5, 0.6) is 0 Å². The Hall–Kier alpha value is -0.860. The lowest BCUT2D eigenvalue weighted by Gasteiger charge is -2.05. The molecule has 12 heavy (non-hydrogen) atoms. The highest BCUT2D eigenvalue weighted by Crippen LogP contribution is 2.12. The molecule has 0 heterocycles. The molecular formula is C10H15NO. The molecule has 0 aliphatic carbocycles. The maximum atomic E-state index is 5.02. The molecule has 66 valence electrons. The van der Waals surface area contributed by atoms with Gasteiger partial charge in [-0.1, -0.05) is 25.1 Å².